The number of para-hydroxylation sites is 2. The Kier molecular flexibility index (Phi) is 10.8. The summed E-state index contributed by atoms with van der Waals surface area (Å²) < 4.78 is 15.0. The SMILES string of the molecule is CC(C)c1ccc(N(c2ccc(C(C)C)cc2)c2cc3c(c4oc5ccccc5c24)-c2c(cc(N(c4ccc(C(C)C)cc4)c4ccc(C(C)C)cc4)c4c2oc2ccccc24)C32c3ccccc3-c3ccccc32)cc1. The van der Waals surface area contributed by atoms with Crippen molar-refractivity contribution in [2.24, 2.45) is 0 Å². The first kappa shape index (κ1) is 46.9. The fourth-order valence-electron chi connectivity index (χ4n) is 13.0. The van der Waals surface area contributed by atoms with E-state index < -0.39 is 5.41 Å². The summed E-state index contributed by atoms with van der Waals surface area (Å²) in [7, 11) is 0. The number of hydrogen-bond acceptors (Lipinski definition) is 4. The van der Waals surface area contributed by atoms with E-state index in [1.165, 1.54) is 55.6 Å². The van der Waals surface area contributed by atoms with Crippen LogP contribution in [0.25, 0.3) is 66.1 Å². The molecule has 0 fully saturated rings. The third-order valence-corrected chi connectivity index (χ3v) is 17.0. The van der Waals surface area contributed by atoms with Gasteiger partial charge in [0.2, 0.25) is 0 Å². The molecule has 4 heteroatoms. The van der Waals surface area contributed by atoms with Crippen molar-refractivity contribution in [1.82, 2.24) is 0 Å². The number of furan rings is 2. The van der Waals surface area contributed by atoms with E-state index in [1.807, 2.05) is 0 Å². The van der Waals surface area contributed by atoms with Crippen LogP contribution in [0.4, 0.5) is 34.1 Å². The minimum atomic E-state index is -0.801. The highest BCUT2D eigenvalue weighted by atomic mass is 16.3. The van der Waals surface area contributed by atoms with Gasteiger partial charge in [0, 0.05) is 44.6 Å². The van der Waals surface area contributed by atoms with Gasteiger partial charge < -0.3 is 18.6 Å². The van der Waals surface area contributed by atoms with E-state index in [2.05, 4.69) is 271 Å². The molecule has 0 radical (unpaired) electrons. The normalized spacial score (nSPS) is 13.2. The van der Waals surface area contributed by atoms with E-state index in [4.69, 9.17) is 8.83 Å². The van der Waals surface area contributed by atoms with E-state index in [9.17, 15) is 0 Å². The molecule has 2 aromatic heterocycles. The van der Waals surface area contributed by atoms with E-state index >= 15 is 0 Å². The van der Waals surface area contributed by atoms with Crippen LogP contribution >= 0.6 is 0 Å². The lowest BCUT2D eigenvalue weighted by atomic mass is 9.70. The van der Waals surface area contributed by atoms with Gasteiger partial charge in [0.25, 0.3) is 0 Å². The summed E-state index contributed by atoms with van der Waals surface area (Å²) >= 11 is 0. The van der Waals surface area contributed by atoms with Gasteiger partial charge in [-0.25, -0.2) is 0 Å². The highest BCUT2D eigenvalue weighted by Gasteiger charge is 2.55. The highest BCUT2D eigenvalue weighted by Crippen LogP contribution is 2.68. The zero-order chi connectivity index (χ0) is 52.4. The second-order valence-electron chi connectivity index (χ2n) is 22.7. The monoisotopic (exact) mass is 998 g/mol. The van der Waals surface area contributed by atoms with E-state index in [0.29, 0.717) is 23.7 Å². The van der Waals surface area contributed by atoms with Crippen LogP contribution in [0.5, 0.6) is 0 Å². The fraction of sp³-hybridized carbons (Fsp3) is 0.178. The number of fused-ring (bicyclic) bond motifs is 18. The lowest BCUT2D eigenvalue weighted by Gasteiger charge is -2.33. The third kappa shape index (κ3) is 6.97. The predicted octanol–water partition coefficient (Wildman–Crippen LogP) is 21.3. The van der Waals surface area contributed by atoms with E-state index in [1.54, 1.807) is 0 Å². The third-order valence-electron chi connectivity index (χ3n) is 17.0. The van der Waals surface area contributed by atoms with Crippen LogP contribution in [0.2, 0.25) is 0 Å². The van der Waals surface area contributed by atoms with Crippen LogP contribution in [0.1, 0.15) is 124 Å². The predicted molar refractivity (Wildman–Crippen MR) is 323 cm³/mol. The van der Waals surface area contributed by atoms with Gasteiger partial charge in [-0.05, 0) is 152 Å². The number of nitrogens with zero attached hydrogens (tertiary/aromatic N) is 2. The van der Waals surface area contributed by atoms with Crippen molar-refractivity contribution in [3.8, 4) is 22.3 Å². The van der Waals surface area contributed by atoms with Crippen molar-refractivity contribution in [3.63, 3.8) is 0 Å². The first-order valence-electron chi connectivity index (χ1n) is 27.7. The van der Waals surface area contributed by atoms with Crippen molar-refractivity contribution in [3.05, 3.63) is 251 Å². The van der Waals surface area contributed by atoms with Crippen molar-refractivity contribution >= 4 is 78.0 Å². The largest absolute Gasteiger partial charge is 0.455 e. The highest BCUT2D eigenvalue weighted by molar-refractivity contribution is 6.25. The molecule has 12 aromatic rings. The first-order chi connectivity index (χ1) is 37.5. The van der Waals surface area contributed by atoms with Crippen molar-refractivity contribution in [2.45, 2.75) is 84.5 Å². The molecule has 0 aliphatic heterocycles. The quantitative estimate of drug-likeness (QED) is 0.137. The molecular formula is C73H62N2O2. The maximum atomic E-state index is 7.52. The molecule has 14 rings (SSSR count). The number of benzene rings is 10. The topological polar surface area (TPSA) is 32.8 Å². The summed E-state index contributed by atoms with van der Waals surface area (Å²) in [6, 6.07) is 77.3. The molecule has 77 heavy (non-hydrogen) atoms. The summed E-state index contributed by atoms with van der Waals surface area (Å²) in [4.78, 5) is 4.96. The molecule has 0 amide bonds. The summed E-state index contributed by atoms with van der Waals surface area (Å²) in [6.45, 7) is 18.1. The van der Waals surface area contributed by atoms with Gasteiger partial charge in [0.15, 0.2) is 0 Å². The molecule has 0 saturated carbocycles. The van der Waals surface area contributed by atoms with Crippen molar-refractivity contribution < 1.29 is 8.83 Å². The minimum Gasteiger partial charge on any atom is -0.455 e. The Morgan fingerprint density at radius 2 is 0.623 bits per heavy atom. The second kappa shape index (κ2) is 17.7. The van der Waals surface area contributed by atoms with Gasteiger partial charge in [-0.15, -0.1) is 0 Å². The summed E-state index contributed by atoms with van der Waals surface area (Å²) in [5, 5.41) is 4.26. The summed E-state index contributed by atoms with van der Waals surface area (Å²) in [5.74, 6) is 1.57. The van der Waals surface area contributed by atoms with Gasteiger partial charge in [0.1, 0.15) is 22.3 Å². The van der Waals surface area contributed by atoms with Gasteiger partial charge >= 0.3 is 0 Å². The zero-order valence-electron chi connectivity index (χ0n) is 45.2. The van der Waals surface area contributed by atoms with Crippen molar-refractivity contribution in [2.75, 3.05) is 9.80 Å². The van der Waals surface area contributed by atoms with E-state index in [0.717, 1.165) is 89.1 Å². The molecule has 4 nitrogen and oxygen atoms in total. The Bertz CT molecular complexity index is 3880. The lowest BCUT2D eigenvalue weighted by Crippen LogP contribution is -2.26. The molecule has 2 heterocycles. The molecule has 0 saturated heterocycles. The molecule has 0 atom stereocenters. The van der Waals surface area contributed by atoms with Crippen molar-refractivity contribution in [1.29, 1.82) is 0 Å². The van der Waals surface area contributed by atoms with Crippen LogP contribution in [-0.4, -0.2) is 0 Å². The average Bonchev–Trinajstić information content (AvgIpc) is 3.82. The van der Waals surface area contributed by atoms with Crippen LogP contribution in [0.3, 0.4) is 0 Å². The van der Waals surface area contributed by atoms with Gasteiger partial charge in [-0.2, -0.15) is 0 Å². The molecule has 10 aromatic carbocycles. The number of anilines is 6. The number of hydrogen-bond donors (Lipinski definition) is 0. The Hall–Kier alpha value is -8.60. The van der Waals surface area contributed by atoms with Gasteiger partial charge in [0.05, 0.1) is 27.6 Å². The standard InChI is InChI=1S/C73H62N2O2/c1-43(2)47-25-33-51(34-26-47)74(52-35-27-48(28-36-52)44(3)4)63-41-61-69(71-67(63)57-19-11-15-23-65(57)76-71)70-62(73(61)59-21-13-9-17-55(59)56-18-10-14-22-60(56)73)42-64(68-58-20-12-16-24-66(58)77-72(68)70)75(53-37-29-49(30-38-53)45(5)6)54-39-31-50(32-40-54)46(7)8/h9-46H,1-8H3. The maximum Gasteiger partial charge on any atom is 0.145 e. The Balaban J connectivity index is 1.17. The van der Waals surface area contributed by atoms with Crippen LogP contribution < -0.4 is 9.80 Å². The zero-order valence-corrected chi connectivity index (χ0v) is 45.2. The second-order valence-corrected chi connectivity index (χ2v) is 22.7. The molecule has 376 valence electrons. The molecule has 1 spiro atoms. The van der Waals surface area contributed by atoms with Gasteiger partial charge in [-0.1, -0.05) is 189 Å². The Morgan fingerprint density at radius 3 is 0.948 bits per heavy atom. The molecule has 2 aliphatic carbocycles. The van der Waals surface area contributed by atoms with Crippen LogP contribution in [0, 0.1) is 0 Å². The van der Waals surface area contributed by atoms with E-state index in [-0.39, 0.29) is 0 Å². The van der Waals surface area contributed by atoms with Crippen LogP contribution in [0.15, 0.2) is 215 Å². The Morgan fingerprint density at radius 1 is 0.325 bits per heavy atom. The smallest absolute Gasteiger partial charge is 0.145 e. The minimum absolute atomic E-state index is 0.392. The van der Waals surface area contributed by atoms with Gasteiger partial charge in [-0.3, -0.25) is 0 Å². The molecule has 0 N–H and O–H groups in total. The molecule has 0 unspecified atom stereocenters. The fourth-order valence-corrected chi connectivity index (χ4v) is 13.0. The number of rotatable bonds is 10. The average molecular weight is 999 g/mol. The molecule has 0 bridgehead atoms. The van der Waals surface area contributed by atoms with Crippen LogP contribution in [-0.2, 0) is 5.41 Å². The first-order valence-corrected chi connectivity index (χ1v) is 27.7. The summed E-state index contributed by atoms with van der Waals surface area (Å²) in [6.07, 6.45) is 0. The maximum absolute atomic E-state index is 7.52. The lowest BCUT2D eigenvalue weighted by molar-refractivity contribution is 0.665. The Labute approximate surface area is 451 Å². The molecule has 2 aliphatic rings. The summed E-state index contributed by atoms with van der Waals surface area (Å²) in [5.41, 5.74) is 23.7. The molecular weight excluding hydrogens is 937 g/mol.